The number of H-pyrrole nitrogens is 1. The van der Waals surface area contributed by atoms with Crippen LogP contribution in [0.1, 0.15) is 0 Å². The van der Waals surface area contributed by atoms with Crippen LogP contribution in [0, 0.1) is 0 Å². The monoisotopic (exact) mass is 305 g/mol. The molecule has 3 rings (SSSR count). The first-order chi connectivity index (χ1) is 8.24. The standard InChI is InChI=1S/C14H9BrClN/c15-12-8-10(16)5-6-11(12)14-7-9-3-1-2-4-13(9)17-14/h1-8,17H. The highest BCUT2D eigenvalue weighted by Gasteiger charge is 2.06. The van der Waals surface area contributed by atoms with E-state index in [1.165, 1.54) is 5.39 Å². The first-order valence-electron chi connectivity index (χ1n) is 5.27. The van der Waals surface area contributed by atoms with Crippen LogP contribution in [-0.4, -0.2) is 4.98 Å². The third kappa shape index (κ3) is 1.99. The molecule has 0 aliphatic heterocycles. The second-order valence-corrected chi connectivity index (χ2v) is 5.19. The van der Waals surface area contributed by atoms with Crippen LogP contribution in [0.2, 0.25) is 5.02 Å². The number of hydrogen-bond donors (Lipinski definition) is 1. The fourth-order valence-corrected chi connectivity index (χ4v) is 2.82. The second kappa shape index (κ2) is 4.21. The van der Waals surface area contributed by atoms with Crippen molar-refractivity contribution in [1.82, 2.24) is 4.98 Å². The van der Waals surface area contributed by atoms with E-state index in [1.807, 2.05) is 30.3 Å². The molecule has 0 radical (unpaired) electrons. The Hall–Kier alpha value is -1.25. The number of halogens is 2. The maximum atomic E-state index is 5.94. The van der Waals surface area contributed by atoms with Crippen molar-refractivity contribution >= 4 is 38.4 Å². The predicted molar refractivity (Wildman–Crippen MR) is 76.4 cm³/mol. The molecule has 2 aromatic carbocycles. The fraction of sp³-hybridized carbons (Fsp3) is 0. The summed E-state index contributed by atoms with van der Waals surface area (Å²) in [5, 5.41) is 1.95. The number of para-hydroxylation sites is 1. The van der Waals surface area contributed by atoms with Gasteiger partial charge >= 0.3 is 0 Å². The normalized spacial score (nSPS) is 10.9. The van der Waals surface area contributed by atoms with Gasteiger partial charge in [-0.25, -0.2) is 0 Å². The average Bonchev–Trinajstić information content (AvgIpc) is 2.72. The minimum absolute atomic E-state index is 0.733. The minimum atomic E-state index is 0.733. The Balaban J connectivity index is 2.20. The van der Waals surface area contributed by atoms with Gasteiger partial charge in [0.2, 0.25) is 0 Å². The number of nitrogens with one attached hydrogen (secondary N) is 1. The molecular formula is C14H9BrClN. The summed E-state index contributed by atoms with van der Waals surface area (Å²) in [6.07, 6.45) is 0. The molecule has 1 aromatic heterocycles. The van der Waals surface area contributed by atoms with E-state index in [-0.39, 0.29) is 0 Å². The summed E-state index contributed by atoms with van der Waals surface area (Å²) >= 11 is 9.48. The summed E-state index contributed by atoms with van der Waals surface area (Å²) in [6.45, 7) is 0. The number of hydrogen-bond acceptors (Lipinski definition) is 0. The Bertz CT molecular complexity index is 655. The molecule has 0 amide bonds. The molecule has 1 N–H and O–H groups in total. The largest absolute Gasteiger partial charge is 0.354 e. The van der Waals surface area contributed by atoms with Crippen molar-refractivity contribution < 1.29 is 0 Å². The topological polar surface area (TPSA) is 15.8 Å². The van der Waals surface area contributed by atoms with E-state index in [9.17, 15) is 0 Å². The van der Waals surface area contributed by atoms with Gasteiger partial charge in [-0.15, -0.1) is 0 Å². The predicted octanol–water partition coefficient (Wildman–Crippen LogP) is 5.25. The van der Waals surface area contributed by atoms with Gasteiger partial charge in [-0.2, -0.15) is 0 Å². The van der Waals surface area contributed by atoms with E-state index in [0.717, 1.165) is 26.3 Å². The number of aromatic amines is 1. The van der Waals surface area contributed by atoms with Gasteiger partial charge in [0.05, 0.1) is 0 Å². The van der Waals surface area contributed by atoms with E-state index in [4.69, 9.17) is 11.6 Å². The van der Waals surface area contributed by atoms with E-state index in [0.29, 0.717) is 0 Å². The van der Waals surface area contributed by atoms with Crippen molar-refractivity contribution in [3.05, 3.63) is 58.0 Å². The van der Waals surface area contributed by atoms with Crippen LogP contribution in [0.4, 0.5) is 0 Å². The van der Waals surface area contributed by atoms with Gasteiger partial charge in [-0.3, -0.25) is 0 Å². The number of rotatable bonds is 1. The fourth-order valence-electron chi connectivity index (χ4n) is 1.93. The van der Waals surface area contributed by atoms with Crippen LogP contribution >= 0.6 is 27.5 Å². The summed E-state index contributed by atoms with van der Waals surface area (Å²) in [6, 6.07) is 16.2. The molecule has 0 unspecified atom stereocenters. The lowest BCUT2D eigenvalue weighted by molar-refractivity contribution is 1.44. The molecule has 0 atom stereocenters. The second-order valence-electron chi connectivity index (χ2n) is 3.89. The Morgan fingerprint density at radius 3 is 2.59 bits per heavy atom. The zero-order valence-corrected chi connectivity index (χ0v) is 11.2. The van der Waals surface area contributed by atoms with Crippen molar-refractivity contribution in [3.8, 4) is 11.3 Å². The van der Waals surface area contributed by atoms with Crippen molar-refractivity contribution in [2.24, 2.45) is 0 Å². The average molecular weight is 307 g/mol. The molecule has 3 heteroatoms. The van der Waals surface area contributed by atoms with Gasteiger partial charge in [-0.1, -0.05) is 51.8 Å². The van der Waals surface area contributed by atoms with E-state index in [1.54, 1.807) is 0 Å². The Kier molecular flexibility index (Phi) is 2.69. The lowest BCUT2D eigenvalue weighted by Crippen LogP contribution is -1.79. The maximum Gasteiger partial charge on any atom is 0.0476 e. The van der Waals surface area contributed by atoms with Crippen LogP contribution in [0.3, 0.4) is 0 Å². The van der Waals surface area contributed by atoms with Crippen LogP contribution in [-0.2, 0) is 0 Å². The smallest absolute Gasteiger partial charge is 0.0476 e. The molecule has 0 bridgehead atoms. The van der Waals surface area contributed by atoms with Crippen LogP contribution in [0.15, 0.2) is 53.0 Å². The van der Waals surface area contributed by atoms with Crippen molar-refractivity contribution in [2.45, 2.75) is 0 Å². The third-order valence-corrected chi connectivity index (χ3v) is 3.64. The van der Waals surface area contributed by atoms with Gasteiger partial charge < -0.3 is 4.98 Å². The van der Waals surface area contributed by atoms with Crippen molar-refractivity contribution in [1.29, 1.82) is 0 Å². The van der Waals surface area contributed by atoms with Gasteiger partial charge in [-0.05, 0) is 24.3 Å². The lowest BCUT2D eigenvalue weighted by atomic mass is 10.1. The summed E-state index contributed by atoms with van der Waals surface area (Å²) in [4.78, 5) is 3.40. The summed E-state index contributed by atoms with van der Waals surface area (Å²) in [5.74, 6) is 0. The van der Waals surface area contributed by atoms with E-state index < -0.39 is 0 Å². The Labute approximate surface area is 113 Å². The molecule has 0 saturated carbocycles. The zero-order chi connectivity index (χ0) is 11.8. The van der Waals surface area contributed by atoms with Crippen molar-refractivity contribution in [3.63, 3.8) is 0 Å². The highest BCUT2D eigenvalue weighted by atomic mass is 79.9. The lowest BCUT2D eigenvalue weighted by Gasteiger charge is -2.01. The minimum Gasteiger partial charge on any atom is -0.354 e. The maximum absolute atomic E-state index is 5.94. The SMILES string of the molecule is Clc1ccc(-c2cc3ccccc3[nH]2)c(Br)c1. The number of fused-ring (bicyclic) bond motifs is 1. The number of benzene rings is 2. The molecule has 17 heavy (non-hydrogen) atoms. The molecule has 0 aliphatic carbocycles. The molecule has 3 aromatic rings. The quantitative estimate of drug-likeness (QED) is 0.632. The first-order valence-corrected chi connectivity index (χ1v) is 6.44. The molecule has 0 saturated heterocycles. The van der Waals surface area contributed by atoms with Gasteiger partial charge in [0.1, 0.15) is 0 Å². The summed E-state index contributed by atoms with van der Waals surface area (Å²) in [7, 11) is 0. The molecule has 1 nitrogen and oxygen atoms in total. The third-order valence-electron chi connectivity index (χ3n) is 2.75. The van der Waals surface area contributed by atoms with E-state index >= 15 is 0 Å². The van der Waals surface area contributed by atoms with Gasteiger partial charge in [0.15, 0.2) is 0 Å². The molecule has 1 heterocycles. The Morgan fingerprint density at radius 2 is 1.82 bits per heavy atom. The van der Waals surface area contributed by atoms with Crippen LogP contribution < -0.4 is 0 Å². The first kappa shape index (κ1) is 10.9. The zero-order valence-electron chi connectivity index (χ0n) is 8.87. The molecular weight excluding hydrogens is 298 g/mol. The highest BCUT2D eigenvalue weighted by Crippen LogP contribution is 2.31. The molecule has 0 spiro atoms. The van der Waals surface area contributed by atoms with Crippen LogP contribution in [0.25, 0.3) is 22.2 Å². The van der Waals surface area contributed by atoms with E-state index in [2.05, 4.69) is 39.1 Å². The summed E-state index contributed by atoms with van der Waals surface area (Å²) in [5.41, 5.74) is 3.35. The highest BCUT2D eigenvalue weighted by molar-refractivity contribution is 9.10. The Morgan fingerprint density at radius 1 is 1.00 bits per heavy atom. The van der Waals surface area contributed by atoms with Crippen LogP contribution in [0.5, 0.6) is 0 Å². The molecule has 0 fully saturated rings. The van der Waals surface area contributed by atoms with Gasteiger partial charge in [0, 0.05) is 31.7 Å². The number of aromatic nitrogens is 1. The van der Waals surface area contributed by atoms with Crippen molar-refractivity contribution in [2.75, 3.05) is 0 Å². The summed E-state index contributed by atoms with van der Waals surface area (Å²) < 4.78 is 0.997. The molecule has 0 aliphatic rings. The van der Waals surface area contributed by atoms with Gasteiger partial charge in [0.25, 0.3) is 0 Å². The molecule has 84 valence electrons.